The van der Waals surface area contributed by atoms with Crippen LogP contribution < -0.4 is 0 Å². The minimum Gasteiger partial charge on any atom is -0.257 e. The molecule has 1 atom stereocenters. The molecule has 1 unspecified atom stereocenters. The van der Waals surface area contributed by atoms with E-state index in [0.717, 1.165) is 30.5 Å². The van der Waals surface area contributed by atoms with E-state index >= 15 is 0 Å². The molecule has 2 aromatic rings. The molecular weight excluding hydrogens is 305 g/mol. The number of hydrogen-bond acceptors (Lipinski definition) is 3. The van der Waals surface area contributed by atoms with Gasteiger partial charge in [-0.1, -0.05) is 12.1 Å². The van der Waals surface area contributed by atoms with Crippen molar-refractivity contribution in [3.05, 3.63) is 71.0 Å². The Kier molecular flexibility index (Phi) is 4.34. The molecule has 0 aliphatic carbocycles. The van der Waals surface area contributed by atoms with Crippen molar-refractivity contribution in [1.82, 2.24) is 0 Å². The van der Waals surface area contributed by atoms with Gasteiger partial charge in [0.25, 0.3) is 10.1 Å². The first kappa shape index (κ1) is 15.5. The second kappa shape index (κ2) is 5.87. The molecule has 0 spiro atoms. The lowest BCUT2D eigenvalue weighted by Gasteiger charge is -2.17. The van der Waals surface area contributed by atoms with Gasteiger partial charge in [-0.3, -0.25) is 4.18 Å². The predicted octanol–water partition coefficient (Wildman–Crippen LogP) is 3.17. The molecule has 0 saturated carbocycles. The number of benzene rings is 2. The highest BCUT2D eigenvalue weighted by molar-refractivity contribution is 7.86. The quantitative estimate of drug-likeness (QED) is 0.814. The van der Waals surface area contributed by atoms with E-state index in [4.69, 9.17) is 4.18 Å². The van der Waals surface area contributed by atoms with Gasteiger partial charge in [0.05, 0.1) is 6.26 Å². The van der Waals surface area contributed by atoms with Gasteiger partial charge >= 0.3 is 0 Å². The van der Waals surface area contributed by atoms with Crippen LogP contribution in [0.3, 0.4) is 0 Å². The standard InChI is InChI=1S/C14H11F3O3S/c1-21(18,19)20-14(9-3-2-4-11(15)5-9)10-6-12(16)8-13(17)7-10/h2-8,14H,1H3. The van der Waals surface area contributed by atoms with E-state index in [1.165, 1.54) is 12.1 Å². The summed E-state index contributed by atoms with van der Waals surface area (Å²) in [6.07, 6.45) is -0.532. The van der Waals surface area contributed by atoms with Crippen LogP contribution in [0.25, 0.3) is 0 Å². The SMILES string of the molecule is CS(=O)(=O)OC(c1cccc(F)c1)c1cc(F)cc(F)c1. The van der Waals surface area contributed by atoms with Gasteiger partial charge in [-0.15, -0.1) is 0 Å². The molecule has 2 aromatic carbocycles. The molecule has 112 valence electrons. The van der Waals surface area contributed by atoms with Crippen molar-refractivity contribution in [2.75, 3.05) is 6.26 Å². The molecule has 0 saturated heterocycles. The molecule has 0 radical (unpaired) electrons. The Morgan fingerprint density at radius 3 is 2.00 bits per heavy atom. The zero-order valence-electron chi connectivity index (χ0n) is 10.9. The number of rotatable bonds is 4. The first-order valence-corrected chi connectivity index (χ1v) is 7.66. The van der Waals surface area contributed by atoms with Crippen molar-refractivity contribution >= 4 is 10.1 Å². The molecule has 0 N–H and O–H groups in total. The van der Waals surface area contributed by atoms with Gasteiger partial charge in [-0.2, -0.15) is 8.42 Å². The summed E-state index contributed by atoms with van der Waals surface area (Å²) >= 11 is 0. The minimum absolute atomic E-state index is 0.0662. The molecule has 0 aliphatic heterocycles. The first-order valence-electron chi connectivity index (χ1n) is 5.84. The minimum atomic E-state index is -3.93. The Bertz CT molecular complexity index is 740. The van der Waals surface area contributed by atoms with Crippen LogP contribution in [0.4, 0.5) is 13.2 Å². The van der Waals surface area contributed by atoms with Gasteiger partial charge in [-0.05, 0) is 35.4 Å². The smallest absolute Gasteiger partial charge is 0.257 e. The van der Waals surface area contributed by atoms with E-state index in [1.54, 1.807) is 0 Å². The van der Waals surface area contributed by atoms with Crippen LogP contribution in [0.2, 0.25) is 0 Å². The van der Waals surface area contributed by atoms with Gasteiger partial charge < -0.3 is 0 Å². The highest BCUT2D eigenvalue weighted by Gasteiger charge is 2.22. The molecule has 0 amide bonds. The van der Waals surface area contributed by atoms with Crippen molar-refractivity contribution in [3.8, 4) is 0 Å². The third kappa shape index (κ3) is 4.30. The molecule has 3 nitrogen and oxygen atoms in total. The first-order chi connectivity index (χ1) is 9.74. The normalized spacial score (nSPS) is 13.1. The maximum absolute atomic E-state index is 13.3. The van der Waals surface area contributed by atoms with Gasteiger partial charge in [0.15, 0.2) is 0 Å². The van der Waals surface area contributed by atoms with Crippen molar-refractivity contribution in [2.45, 2.75) is 6.10 Å². The van der Waals surface area contributed by atoms with E-state index in [2.05, 4.69) is 0 Å². The maximum atomic E-state index is 13.3. The van der Waals surface area contributed by atoms with Gasteiger partial charge in [-0.25, -0.2) is 13.2 Å². The Morgan fingerprint density at radius 2 is 1.48 bits per heavy atom. The summed E-state index contributed by atoms with van der Waals surface area (Å²) in [4.78, 5) is 0. The Labute approximate surface area is 120 Å². The lowest BCUT2D eigenvalue weighted by atomic mass is 10.0. The van der Waals surface area contributed by atoms with Crippen LogP contribution in [0, 0.1) is 17.5 Å². The topological polar surface area (TPSA) is 43.4 Å². The predicted molar refractivity (Wildman–Crippen MR) is 70.5 cm³/mol. The fourth-order valence-corrected chi connectivity index (χ4v) is 2.45. The average Bonchev–Trinajstić information content (AvgIpc) is 2.33. The zero-order valence-corrected chi connectivity index (χ0v) is 11.7. The fraction of sp³-hybridized carbons (Fsp3) is 0.143. The molecule has 0 heterocycles. The van der Waals surface area contributed by atoms with E-state index in [-0.39, 0.29) is 11.1 Å². The summed E-state index contributed by atoms with van der Waals surface area (Å²) in [5, 5.41) is 0. The van der Waals surface area contributed by atoms with Crippen molar-refractivity contribution in [3.63, 3.8) is 0 Å². The third-order valence-electron chi connectivity index (χ3n) is 2.61. The lowest BCUT2D eigenvalue weighted by molar-refractivity contribution is 0.254. The highest BCUT2D eigenvalue weighted by Crippen LogP contribution is 2.29. The lowest BCUT2D eigenvalue weighted by Crippen LogP contribution is -2.12. The van der Waals surface area contributed by atoms with Crippen LogP contribution in [0.15, 0.2) is 42.5 Å². The van der Waals surface area contributed by atoms with Crippen LogP contribution in [0.1, 0.15) is 17.2 Å². The summed E-state index contributed by atoms with van der Waals surface area (Å²) in [7, 11) is -3.93. The van der Waals surface area contributed by atoms with Crippen LogP contribution in [0.5, 0.6) is 0 Å². The summed E-state index contributed by atoms with van der Waals surface area (Å²) in [5.41, 5.74) is 0.0638. The Morgan fingerprint density at radius 1 is 0.905 bits per heavy atom. The van der Waals surface area contributed by atoms with Gasteiger partial charge in [0, 0.05) is 6.07 Å². The highest BCUT2D eigenvalue weighted by atomic mass is 32.2. The number of hydrogen-bond donors (Lipinski definition) is 0. The fourth-order valence-electron chi connectivity index (χ4n) is 1.87. The largest absolute Gasteiger partial charge is 0.265 e. The monoisotopic (exact) mass is 316 g/mol. The van der Waals surface area contributed by atoms with E-state index in [0.29, 0.717) is 6.07 Å². The third-order valence-corrected chi connectivity index (χ3v) is 3.15. The van der Waals surface area contributed by atoms with E-state index in [1.807, 2.05) is 0 Å². The van der Waals surface area contributed by atoms with Gasteiger partial charge in [0.2, 0.25) is 0 Å². The van der Waals surface area contributed by atoms with E-state index < -0.39 is 33.7 Å². The molecular formula is C14H11F3O3S. The van der Waals surface area contributed by atoms with Crippen LogP contribution in [-0.4, -0.2) is 14.7 Å². The second-order valence-electron chi connectivity index (χ2n) is 4.44. The van der Waals surface area contributed by atoms with Crippen molar-refractivity contribution in [2.24, 2.45) is 0 Å². The molecule has 7 heteroatoms. The Balaban J connectivity index is 2.55. The average molecular weight is 316 g/mol. The summed E-state index contributed by atoms with van der Waals surface area (Å²) < 4.78 is 67.4. The molecule has 0 bridgehead atoms. The van der Waals surface area contributed by atoms with Crippen molar-refractivity contribution < 1.29 is 25.8 Å². The van der Waals surface area contributed by atoms with Crippen LogP contribution in [-0.2, 0) is 14.3 Å². The second-order valence-corrected chi connectivity index (χ2v) is 6.04. The molecule has 21 heavy (non-hydrogen) atoms. The summed E-state index contributed by atoms with van der Waals surface area (Å²) in [5.74, 6) is -2.39. The zero-order chi connectivity index (χ0) is 15.6. The molecule has 2 rings (SSSR count). The number of halogens is 3. The molecule has 0 aliphatic rings. The summed E-state index contributed by atoms with van der Waals surface area (Å²) in [6.45, 7) is 0. The Hall–Kier alpha value is -1.86. The van der Waals surface area contributed by atoms with E-state index in [9.17, 15) is 21.6 Å². The van der Waals surface area contributed by atoms with Crippen molar-refractivity contribution in [1.29, 1.82) is 0 Å². The maximum Gasteiger partial charge on any atom is 0.265 e. The van der Waals surface area contributed by atoms with Gasteiger partial charge in [0.1, 0.15) is 23.6 Å². The molecule has 0 aromatic heterocycles. The molecule has 0 fully saturated rings. The van der Waals surface area contributed by atoms with Crippen LogP contribution >= 0.6 is 0 Å². The summed E-state index contributed by atoms with van der Waals surface area (Å²) in [6, 6.07) is 7.47.